The molecule has 1 aromatic carbocycles. The van der Waals surface area contributed by atoms with Crippen LogP contribution in [0.1, 0.15) is 62.1 Å². The van der Waals surface area contributed by atoms with E-state index in [4.69, 9.17) is 4.74 Å². The fraction of sp³-hybridized carbons (Fsp3) is 0.684. The van der Waals surface area contributed by atoms with Gasteiger partial charge in [-0.05, 0) is 36.9 Å². The molecule has 0 radical (unpaired) electrons. The monoisotopic (exact) mass is 289 g/mol. The molecule has 1 aliphatic rings. The highest BCUT2D eigenvalue weighted by atomic mass is 16.5. The lowest BCUT2D eigenvalue weighted by atomic mass is 9.89. The summed E-state index contributed by atoms with van der Waals surface area (Å²) in [4.78, 5) is 0. The molecule has 1 fully saturated rings. The Morgan fingerprint density at radius 1 is 1.10 bits per heavy atom. The molecule has 0 aliphatic heterocycles. The number of benzene rings is 1. The van der Waals surface area contributed by atoms with E-state index in [0.717, 1.165) is 18.9 Å². The van der Waals surface area contributed by atoms with Crippen molar-refractivity contribution in [1.29, 1.82) is 0 Å². The second kappa shape index (κ2) is 9.22. The molecule has 0 spiro atoms. The fourth-order valence-electron chi connectivity index (χ4n) is 3.49. The Morgan fingerprint density at radius 2 is 1.76 bits per heavy atom. The molecule has 1 aliphatic carbocycles. The maximum atomic E-state index is 5.14. The van der Waals surface area contributed by atoms with Crippen molar-refractivity contribution in [1.82, 2.24) is 5.32 Å². The Balaban J connectivity index is 1.92. The molecule has 1 saturated carbocycles. The minimum absolute atomic E-state index is 0.504. The van der Waals surface area contributed by atoms with Gasteiger partial charge in [-0.1, -0.05) is 62.8 Å². The summed E-state index contributed by atoms with van der Waals surface area (Å²) in [5.41, 5.74) is 2.80. The van der Waals surface area contributed by atoms with Crippen LogP contribution in [0.25, 0.3) is 0 Å². The predicted octanol–water partition coefficient (Wildman–Crippen LogP) is 4.50. The van der Waals surface area contributed by atoms with Crippen LogP contribution in [0, 0.1) is 5.92 Å². The molecular formula is C19H31NO. The van der Waals surface area contributed by atoms with Gasteiger partial charge in [-0.2, -0.15) is 0 Å². The first kappa shape index (κ1) is 16.5. The summed E-state index contributed by atoms with van der Waals surface area (Å²) in [6, 6.07) is 9.60. The quantitative estimate of drug-likeness (QED) is 0.746. The van der Waals surface area contributed by atoms with Gasteiger partial charge in [-0.3, -0.25) is 0 Å². The van der Waals surface area contributed by atoms with Crippen LogP contribution in [-0.2, 0) is 11.2 Å². The minimum Gasteiger partial charge on any atom is -0.384 e. The SMILES string of the molecule is CNC(CC1CCCCCC1)c1ccc(CCOC)cc1. The van der Waals surface area contributed by atoms with Gasteiger partial charge >= 0.3 is 0 Å². The molecule has 0 heterocycles. The van der Waals surface area contributed by atoms with Gasteiger partial charge in [-0.15, -0.1) is 0 Å². The number of rotatable bonds is 7. The summed E-state index contributed by atoms with van der Waals surface area (Å²) in [6.07, 6.45) is 10.9. The lowest BCUT2D eigenvalue weighted by Gasteiger charge is -2.23. The van der Waals surface area contributed by atoms with Crippen LogP contribution in [0.3, 0.4) is 0 Å². The second-order valence-corrected chi connectivity index (χ2v) is 6.42. The summed E-state index contributed by atoms with van der Waals surface area (Å²) >= 11 is 0. The molecule has 1 N–H and O–H groups in total. The van der Waals surface area contributed by atoms with Crippen LogP contribution < -0.4 is 5.32 Å². The van der Waals surface area contributed by atoms with Crippen LogP contribution >= 0.6 is 0 Å². The van der Waals surface area contributed by atoms with Crippen molar-refractivity contribution in [3.8, 4) is 0 Å². The van der Waals surface area contributed by atoms with Gasteiger partial charge in [0.05, 0.1) is 6.61 Å². The lowest BCUT2D eigenvalue weighted by Crippen LogP contribution is -2.20. The number of hydrogen-bond donors (Lipinski definition) is 1. The Bertz CT molecular complexity index is 379. The van der Waals surface area contributed by atoms with E-state index in [1.807, 2.05) is 0 Å². The summed E-state index contributed by atoms with van der Waals surface area (Å²) in [6.45, 7) is 0.802. The fourth-order valence-corrected chi connectivity index (χ4v) is 3.49. The van der Waals surface area contributed by atoms with Crippen LogP contribution in [0.4, 0.5) is 0 Å². The van der Waals surface area contributed by atoms with Crippen molar-refractivity contribution in [2.45, 2.75) is 57.4 Å². The number of hydrogen-bond acceptors (Lipinski definition) is 2. The van der Waals surface area contributed by atoms with E-state index in [9.17, 15) is 0 Å². The van der Waals surface area contributed by atoms with E-state index in [1.54, 1.807) is 7.11 Å². The van der Waals surface area contributed by atoms with E-state index in [-0.39, 0.29) is 0 Å². The summed E-state index contributed by atoms with van der Waals surface area (Å²) < 4.78 is 5.14. The zero-order valence-electron chi connectivity index (χ0n) is 13.7. The topological polar surface area (TPSA) is 21.3 Å². The van der Waals surface area contributed by atoms with Gasteiger partial charge in [0.15, 0.2) is 0 Å². The van der Waals surface area contributed by atoms with E-state index >= 15 is 0 Å². The largest absolute Gasteiger partial charge is 0.384 e. The van der Waals surface area contributed by atoms with Crippen LogP contribution in [0.2, 0.25) is 0 Å². The molecule has 2 rings (SSSR count). The zero-order valence-corrected chi connectivity index (χ0v) is 13.7. The van der Waals surface area contributed by atoms with E-state index < -0.39 is 0 Å². The molecule has 0 amide bonds. The standard InChI is InChI=1S/C19H31NO/c1-20-19(15-17-7-5-3-4-6-8-17)18-11-9-16(10-12-18)13-14-21-2/h9-12,17,19-20H,3-8,13-15H2,1-2H3. The van der Waals surface area contributed by atoms with Crippen LogP contribution in [0.15, 0.2) is 24.3 Å². The Hall–Kier alpha value is -0.860. The molecule has 2 heteroatoms. The highest BCUT2D eigenvalue weighted by Crippen LogP contribution is 2.31. The average molecular weight is 289 g/mol. The molecule has 0 bridgehead atoms. The summed E-state index contributed by atoms with van der Waals surface area (Å²) in [5, 5.41) is 3.52. The summed E-state index contributed by atoms with van der Waals surface area (Å²) in [7, 11) is 3.86. The predicted molar refractivity (Wildman–Crippen MR) is 89.6 cm³/mol. The van der Waals surface area contributed by atoms with Gasteiger partial charge in [0.25, 0.3) is 0 Å². The van der Waals surface area contributed by atoms with E-state index in [2.05, 4.69) is 36.6 Å². The number of ether oxygens (including phenoxy) is 1. The van der Waals surface area contributed by atoms with Gasteiger partial charge in [-0.25, -0.2) is 0 Å². The normalized spacial score (nSPS) is 18.4. The van der Waals surface area contributed by atoms with Gasteiger partial charge in [0.1, 0.15) is 0 Å². The third-order valence-corrected chi connectivity index (χ3v) is 4.87. The highest BCUT2D eigenvalue weighted by Gasteiger charge is 2.18. The van der Waals surface area contributed by atoms with Crippen molar-refractivity contribution < 1.29 is 4.74 Å². The van der Waals surface area contributed by atoms with Crippen molar-refractivity contribution >= 4 is 0 Å². The molecule has 1 atom stereocenters. The Morgan fingerprint density at radius 3 is 2.33 bits per heavy atom. The minimum atomic E-state index is 0.504. The molecule has 21 heavy (non-hydrogen) atoms. The maximum absolute atomic E-state index is 5.14. The maximum Gasteiger partial charge on any atom is 0.0502 e. The molecule has 118 valence electrons. The smallest absolute Gasteiger partial charge is 0.0502 e. The molecule has 0 saturated heterocycles. The molecule has 1 unspecified atom stereocenters. The first-order valence-corrected chi connectivity index (χ1v) is 8.58. The zero-order chi connectivity index (χ0) is 14.9. The third-order valence-electron chi connectivity index (χ3n) is 4.87. The summed E-state index contributed by atoms with van der Waals surface area (Å²) in [5.74, 6) is 0.901. The lowest BCUT2D eigenvalue weighted by molar-refractivity contribution is 0.202. The van der Waals surface area contributed by atoms with E-state index in [1.165, 1.54) is 56.1 Å². The number of nitrogens with one attached hydrogen (secondary N) is 1. The molecular weight excluding hydrogens is 258 g/mol. The first-order chi connectivity index (χ1) is 10.3. The molecule has 0 aromatic heterocycles. The van der Waals surface area contributed by atoms with Crippen LogP contribution in [-0.4, -0.2) is 20.8 Å². The van der Waals surface area contributed by atoms with E-state index in [0.29, 0.717) is 6.04 Å². The van der Waals surface area contributed by atoms with Crippen molar-refractivity contribution in [3.05, 3.63) is 35.4 Å². The first-order valence-electron chi connectivity index (χ1n) is 8.58. The van der Waals surface area contributed by atoms with Gasteiger partial charge < -0.3 is 10.1 Å². The average Bonchev–Trinajstić information content (AvgIpc) is 2.80. The molecule has 1 aromatic rings. The van der Waals surface area contributed by atoms with Crippen molar-refractivity contribution in [3.63, 3.8) is 0 Å². The van der Waals surface area contributed by atoms with Crippen molar-refractivity contribution in [2.24, 2.45) is 5.92 Å². The number of methoxy groups -OCH3 is 1. The van der Waals surface area contributed by atoms with Gasteiger partial charge in [0, 0.05) is 13.2 Å². The van der Waals surface area contributed by atoms with Crippen LogP contribution in [0.5, 0.6) is 0 Å². The third kappa shape index (κ3) is 5.44. The highest BCUT2D eigenvalue weighted by molar-refractivity contribution is 5.25. The molecule has 2 nitrogen and oxygen atoms in total. The second-order valence-electron chi connectivity index (χ2n) is 6.42. The Kier molecular flexibility index (Phi) is 7.25. The van der Waals surface area contributed by atoms with Crippen molar-refractivity contribution in [2.75, 3.05) is 20.8 Å². The van der Waals surface area contributed by atoms with Gasteiger partial charge in [0.2, 0.25) is 0 Å². The Labute approximate surface area is 130 Å².